The van der Waals surface area contributed by atoms with E-state index in [4.69, 9.17) is 4.74 Å². The smallest absolute Gasteiger partial charge is 0.409 e. The van der Waals surface area contributed by atoms with Crippen molar-refractivity contribution in [3.63, 3.8) is 0 Å². The summed E-state index contributed by atoms with van der Waals surface area (Å²) in [4.78, 5) is 13.7. The highest BCUT2D eigenvalue weighted by Gasteiger charge is 2.38. The molecule has 0 bridgehead atoms. The summed E-state index contributed by atoms with van der Waals surface area (Å²) < 4.78 is 5.11. The molecule has 3 rings (SSSR count). The molecule has 1 aromatic rings. The zero-order valence-corrected chi connectivity index (χ0v) is 11.5. The highest BCUT2D eigenvalue weighted by molar-refractivity contribution is 6.36. The highest BCUT2D eigenvalue weighted by atomic mass is 16.6. The number of carbonyl (C=O) groups is 1. The zero-order chi connectivity index (χ0) is 13.4. The van der Waals surface area contributed by atoms with Gasteiger partial charge in [0.05, 0.1) is 6.61 Å². The van der Waals surface area contributed by atoms with E-state index >= 15 is 0 Å². The molecule has 0 unspecified atom stereocenters. The summed E-state index contributed by atoms with van der Waals surface area (Å²) in [6.45, 7) is 3.82. The Balaban J connectivity index is 1.81. The van der Waals surface area contributed by atoms with Crippen LogP contribution in [0, 0.1) is 0 Å². The summed E-state index contributed by atoms with van der Waals surface area (Å²) >= 11 is 0. The molecule has 19 heavy (non-hydrogen) atoms. The predicted octanol–water partition coefficient (Wildman–Crippen LogP) is 0.685. The van der Waals surface area contributed by atoms with Crippen LogP contribution in [0.5, 0.6) is 0 Å². The topological polar surface area (TPSA) is 41.6 Å². The molecule has 2 aliphatic rings. The Bertz CT molecular complexity index is 506. The minimum atomic E-state index is -0.179. The number of hydrogen-bond acceptors (Lipinski definition) is 3. The largest absolute Gasteiger partial charge is 0.450 e. The minimum Gasteiger partial charge on any atom is -0.450 e. The SMILES string of the molecule is Bc1cccc2c1N[C@H]1CCN(C(=O)OCC)C[C@@H]21. The molecule has 5 heteroatoms. The van der Waals surface area contributed by atoms with Crippen LogP contribution in [-0.4, -0.2) is 44.6 Å². The van der Waals surface area contributed by atoms with Crippen LogP contribution in [0.3, 0.4) is 0 Å². The number of carbonyl (C=O) groups excluding carboxylic acids is 1. The summed E-state index contributed by atoms with van der Waals surface area (Å²) in [6.07, 6.45) is 0.805. The van der Waals surface area contributed by atoms with Gasteiger partial charge in [-0.25, -0.2) is 4.79 Å². The van der Waals surface area contributed by atoms with E-state index in [1.54, 1.807) is 0 Å². The van der Waals surface area contributed by atoms with Crippen molar-refractivity contribution in [2.45, 2.75) is 25.3 Å². The minimum absolute atomic E-state index is 0.179. The second-order valence-electron chi connectivity index (χ2n) is 5.33. The van der Waals surface area contributed by atoms with E-state index in [-0.39, 0.29) is 6.09 Å². The number of benzene rings is 1. The molecule has 2 aliphatic heterocycles. The Kier molecular flexibility index (Phi) is 3.13. The van der Waals surface area contributed by atoms with E-state index in [2.05, 4.69) is 31.4 Å². The summed E-state index contributed by atoms with van der Waals surface area (Å²) in [5.74, 6) is 0.396. The quantitative estimate of drug-likeness (QED) is 0.753. The van der Waals surface area contributed by atoms with Gasteiger partial charge < -0.3 is 15.0 Å². The monoisotopic (exact) mass is 258 g/mol. The first-order chi connectivity index (χ1) is 9.20. The van der Waals surface area contributed by atoms with Crippen LogP contribution >= 0.6 is 0 Å². The number of ether oxygens (including phenoxy) is 1. The molecular weight excluding hydrogens is 239 g/mol. The van der Waals surface area contributed by atoms with Crippen LogP contribution in [-0.2, 0) is 4.74 Å². The number of nitrogens with zero attached hydrogens (tertiary/aromatic N) is 1. The lowest BCUT2D eigenvalue weighted by atomic mass is 9.86. The highest BCUT2D eigenvalue weighted by Crippen LogP contribution is 2.38. The van der Waals surface area contributed by atoms with E-state index in [9.17, 15) is 4.79 Å². The van der Waals surface area contributed by atoms with Crippen LogP contribution in [0.15, 0.2) is 18.2 Å². The van der Waals surface area contributed by atoms with Crippen LogP contribution in [0.2, 0.25) is 0 Å². The van der Waals surface area contributed by atoms with Crippen molar-refractivity contribution >= 4 is 25.1 Å². The van der Waals surface area contributed by atoms with E-state index in [1.165, 1.54) is 16.7 Å². The number of para-hydroxylation sites is 1. The molecule has 100 valence electrons. The average Bonchev–Trinajstić information content (AvgIpc) is 2.78. The van der Waals surface area contributed by atoms with Crippen molar-refractivity contribution in [2.24, 2.45) is 0 Å². The van der Waals surface area contributed by atoms with Crippen molar-refractivity contribution < 1.29 is 9.53 Å². The normalized spacial score (nSPS) is 24.4. The maximum absolute atomic E-state index is 11.8. The molecule has 0 aromatic heterocycles. The second kappa shape index (κ2) is 4.80. The molecule has 2 heterocycles. The van der Waals surface area contributed by atoms with Gasteiger partial charge in [0.1, 0.15) is 7.85 Å². The van der Waals surface area contributed by atoms with Crippen LogP contribution in [0.25, 0.3) is 0 Å². The van der Waals surface area contributed by atoms with Gasteiger partial charge in [-0.3, -0.25) is 0 Å². The molecule has 0 spiro atoms. The fourth-order valence-corrected chi connectivity index (χ4v) is 3.20. The molecule has 0 saturated carbocycles. The Hall–Kier alpha value is -1.65. The second-order valence-corrected chi connectivity index (χ2v) is 5.33. The summed E-state index contributed by atoms with van der Waals surface area (Å²) in [5.41, 5.74) is 3.90. The predicted molar refractivity (Wildman–Crippen MR) is 78.0 cm³/mol. The van der Waals surface area contributed by atoms with Crippen LogP contribution in [0.4, 0.5) is 10.5 Å². The molecule has 0 aliphatic carbocycles. The third-order valence-corrected chi connectivity index (χ3v) is 4.17. The summed E-state index contributed by atoms with van der Waals surface area (Å²) in [7, 11) is 2.13. The molecule has 2 atom stereocenters. The van der Waals surface area contributed by atoms with Gasteiger partial charge in [0.2, 0.25) is 0 Å². The fraction of sp³-hybridized carbons (Fsp3) is 0.500. The number of nitrogens with one attached hydrogen (secondary N) is 1. The van der Waals surface area contributed by atoms with Gasteiger partial charge in [0, 0.05) is 30.7 Å². The number of likely N-dealkylation sites (tertiary alicyclic amines) is 1. The Labute approximate surface area is 114 Å². The zero-order valence-electron chi connectivity index (χ0n) is 11.5. The van der Waals surface area contributed by atoms with Gasteiger partial charge in [-0.2, -0.15) is 0 Å². The Morgan fingerprint density at radius 1 is 1.58 bits per heavy atom. The van der Waals surface area contributed by atoms with Gasteiger partial charge in [0.25, 0.3) is 0 Å². The summed E-state index contributed by atoms with van der Waals surface area (Å²) in [6, 6.07) is 6.87. The Morgan fingerprint density at radius 2 is 2.42 bits per heavy atom. The van der Waals surface area contributed by atoms with Crippen molar-refractivity contribution in [3.8, 4) is 0 Å². The van der Waals surface area contributed by atoms with Crippen molar-refractivity contribution in [1.82, 2.24) is 4.90 Å². The molecule has 1 saturated heterocycles. The molecular formula is C14H19BN2O2. The first kappa shape index (κ1) is 12.4. The number of piperidine rings is 1. The van der Waals surface area contributed by atoms with Gasteiger partial charge >= 0.3 is 6.09 Å². The maximum atomic E-state index is 11.8. The first-order valence-electron chi connectivity index (χ1n) is 6.98. The lowest BCUT2D eigenvalue weighted by molar-refractivity contribution is 0.0949. The standard InChI is InChI=1S/C14H19BN2O2/c1-2-19-14(18)17-7-6-12-10(8-17)9-4-3-5-11(15)13(9)16-12/h3-5,10,12,16H,2,6-8,15H2,1H3/t10-,12-/m0/s1. The molecule has 1 amide bonds. The van der Waals surface area contributed by atoms with Crippen molar-refractivity contribution in [3.05, 3.63) is 23.8 Å². The number of hydrogen-bond donors (Lipinski definition) is 1. The fourth-order valence-electron chi connectivity index (χ4n) is 3.20. The molecule has 0 radical (unpaired) electrons. The summed E-state index contributed by atoms with van der Waals surface area (Å²) in [5, 5.41) is 3.62. The third kappa shape index (κ3) is 2.07. The molecule has 1 fully saturated rings. The van der Waals surface area contributed by atoms with Crippen LogP contribution in [0.1, 0.15) is 24.8 Å². The lowest BCUT2D eigenvalue weighted by Crippen LogP contribution is -2.45. The number of rotatable bonds is 1. The molecule has 1 aromatic carbocycles. The lowest BCUT2D eigenvalue weighted by Gasteiger charge is -2.34. The van der Waals surface area contributed by atoms with Crippen molar-refractivity contribution in [2.75, 3.05) is 25.0 Å². The number of fused-ring (bicyclic) bond motifs is 3. The van der Waals surface area contributed by atoms with Gasteiger partial charge in [-0.1, -0.05) is 23.7 Å². The number of anilines is 1. The first-order valence-corrected chi connectivity index (χ1v) is 6.98. The Morgan fingerprint density at radius 3 is 3.21 bits per heavy atom. The molecule has 1 N–H and O–H groups in total. The number of amides is 1. The van der Waals surface area contributed by atoms with Crippen molar-refractivity contribution in [1.29, 1.82) is 0 Å². The van der Waals surface area contributed by atoms with E-state index in [1.807, 2.05) is 11.8 Å². The maximum Gasteiger partial charge on any atom is 0.409 e. The van der Waals surface area contributed by atoms with E-state index < -0.39 is 0 Å². The van der Waals surface area contributed by atoms with Gasteiger partial charge in [-0.05, 0) is 18.9 Å². The third-order valence-electron chi connectivity index (χ3n) is 4.17. The van der Waals surface area contributed by atoms with Crippen LogP contribution < -0.4 is 10.8 Å². The van der Waals surface area contributed by atoms with Gasteiger partial charge in [0.15, 0.2) is 0 Å². The molecule has 4 nitrogen and oxygen atoms in total. The van der Waals surface area contributed by atoms with E-state index in [0.717, 1.165) is 19.5 Å². The van der Waals surface area contributed by atoms with Gasteiger partial charge in [-0.15, -0.1) is 0 Å². The van der Waals surface area contributed by atoms with E-state index in [0.29, 0.717) is 18.6 Å². The average molecular weight is 258 g/mol.